The van der Waals surface area contributed by atoms with Crippen molar-refractivity contribution in [3.63, 3.8) is 0 Å². The fourth-order valence-corrected chi connectivity index (χ4v) is 2.95. The zero-order chi connectivity index (χ0) is 16.9. The number of aromatic nitrogens is 2. The van der Waals surface area contributed by atoms with Gasteiger partial charge < -0.3 is 14.2 Å². The SMILES string of the molecule is COC(=O)c1nn(COCC[Si](C)(C)C)c(C(=O)OC)c1Br. The van der Waals surface area contributed by atoms with E-state index in [4.69, 9.17) is 9.47 Å². The number of carbonyl (C=O) groups excluding carboxylic acids is 2. The van der Waals surface area contributed by atoms with Crippen LogP contribution in [0.3, 0.4) is 0 Å². The molecule has 0 amide bonds. The molecule has 7 nitrogen and oxygen atoms in total. The Bertz CT molecular complexity index is 553. The Hall–Kier alpha value is -1.19. The number of rotatable bonds is 7. The van der Waals surface area contributed by atoms with Gasteiger partial charge in [0.05, 0.1) is 18.7 Å². The molecular weight excluding hydrogens is 372 g/mol. The molecule has 1 aromatic heterocycles. The largest absolute Gasteiger partial charge is 0.464 e. The van der Waals surface area contributed by atoms with E-state index in [0.717, 1.165) is 6.04 Å². The quantitative estimate of drug-likeness (QED) is 0.402. The maximum Gasteiger partial charge on any atom is 0.359 e. The maximum absolute atomic E-state index is 11.9. The molecule has 0 N–H and O–H groups in total. The summed E-state index contributed by atoms with van der Waals surface area (Å²) >= 11 is 3.19. The first-order valence-electron chi connectivity index (χ1n) is 6.72. The summed E-state index contributed by atoms with van der Waals surface area (Å²) in [6, 6.07) is 0.993. The molecule has 0 aliphatic rings. The Morgan fingerprint density at radius 1 is 1.18 bits per heavy atom. The molecule has 0 unspecified atom stereocenters. The summed E-state index contributed by atoms with van der Waals surface area (Å²) in [6.07, 6.45) is 0. The first-order valence-corrected chi connectivity index (χ1v) is 11.2. The molecule has 124 valence electrons. The highest BCUT2D eigenvalue weighted by molar-refractivity contribution is 9.10. The molecule has 0 fully saturated rings. The molecule has 1 heterocycles. The molecule has 0 aromatic carbocycles. The minimum absolute atomic E-state index is 0.0108. The number of esters is 2. The van der Waals surface area contributed by atoms with Gasteiger partial charge in [0.15, 0.2) is 11.4 Å². The van der Waals surface area contributed by atoms with Gasteiger partial charge >= 0.3 is 11.9 Å². The molecule has 22 heavy (non-hydrogen) atoms. The van der Waals surface area contributed by atoms with Crippen LogP contribution in [0.15, 0.2) is 4.47 Å². The normalized spacial score (nSPS) is 11.4. The number of halogens is 1. The molecule has 0 saturated heterocycles. The third-order valence-electron chi connectivity index (χ3n) is 2.86. The minimum atomic E-state index is -1.20. The van der Waals surface area contributed by atoms with E-state index in [1.54, 1.807) is 0 Å². The van der Waals surface area contributed by atoms with Gasteiger partial charge in [-0.15, -0.1) is 0 Å². The van der Waals surface area contributed by atoms with Gasteiger partial charge in [0, 0.05) is 14.7 Å². The fourth-order valence-electron chi connectivity index (χ4n) is 1.58. The van der Waals surface area contributed by atoms with Crippen LogP contribution in [0.2, 0.25) is 25.7 Å². The zero-order valence-electron chi connectivity index (χ0n) is 13.4. The van der Waals surface area contributed by atoms with Crippen LogP contribution in [0.1, 0.15) is 21.0 Å². The van der Waals surface area contributed by atoms with Crippen molar-refractivity contribution in [1.29, 1.82) is 0 Å². The van der Waals surface area contributed by atoms with Gasteiger partial charge in [-0.25, -0.2) is 14.3 Å². The van der Waals surface area contributed by atoms with Crippen molar-refractivity contribution in [3.8, 4) is 0 Å². The van der Waals surface area contributed by atoms with Crippen molar-refractivity contribution >= 4 is 35.9 Å². The Labute approximate surface area is 139 Å². The third kappa shape index (κ3) is 4.92. The average molecular weight is 393 g/mol. The van der Waals surface area contributed by atoms with Gasteiger partial charge in [0.25, 0.3) is 0 Å². The van der Waals surface area contributed by atoms with Crippen molar-refractivity contribution < 1.29 is 23.8 Å². The molecule has 0 saturated carbocycles. The average Bonchev–Trinajstić information content (AvgIpc) is 2.78. The van der Waals surface area contributed by atoms with Crippen molar-refractivity contribution in [2.24, 2.45) is 0 Å². The van der Waals surface area contributed by atoms with Crippen LogP contribution in [0.5, 0.6) is 0 Å². The van der Waals surface area contributed by atoms with E-state index >= 15 is 0 Å². The Kier molecular flexibility index (Phi) is 6.76. The summed E-state index contributed by atoms with van der Waals surface area (Å²) in [6.45, 7) is 7.37. The van der Waals surface area contributed by atoms with Crippen LogP contribution < -0.4 is 0 Å². The number of carbonyl (C=O) groups is 2. The highest BCUT2D eigenvalue weighted by atomic mass is 79.9. The highest BCUT2D eigenvalue weighted by Gasteiger charge is 2.27. The van der Waals surface area contributed by atoms with Crippen LogP contribution in [-0.2, 0) is 20.9 Å². The highest BCUT2D eigenvalue weighted by Crippen LogP contribution is 2.23. The van der Waals surface area contributed by atoms with Gasteiger partial charge in [-0.1, -0.05) is 19.6 Å². The van der Waals surface area contributed by atoms with Crippen molar-refractivity contribution in [2.45, 2.75) is 32.4 Å². The Morgan fingerprint density at radius 3 is 2.27 bits per heavy atom. The first-order chi connectivity index (χ1) is 10.2. The molecule has 9 heteroatoms. The third-order valence-corrected chi connectivity index (χ3v) is 5.32. The lowest BCUT2D eigenvalue weighted by Gasteiger charge is -2.15. The summed E-state index contributed by atoms with van der Waals surface area (Å²) in [7, 11) is 1.31. The number of ether oxygens (including phenoxy) is 3. The summed E-state index contributed by atoms with van der Waals surface area (Å²) in [5.74, 6) is -1.25. The van der Waals surface area contributed by atoms with Crippen LogP contribution in [0.4, 0.5) is 0 Å². The number of hydrogen-bond acceptors (Lipinski definition) is 6. The topological polar surface area (TPSA) is 79.6 Å². The smallest absolute Gasteiger partial charge is 0.359 e. The molecule has 0 spiro atoms. The predicted octanol–water partition coefficient (Wildman–Crippen LogP) is 2.53. The number of nitrogens with zero attached hydrogens (tertiary/aromatic N) is 2. The lowest BCUT2D eigenvalue weighted by atomic mass is 10.3. The Morgan fingerprint density at radius 2 is 1.77 bits per heavy atom. The lowest BCUT2D eigenvalue weighted by molar-refractivity contribution is 0.0508. The second-order valence-electron chi connectivity index (χ2n) is 5.84. The zero-order valence-corrected chi connectivity index (χ0v) is 16.0. The summed E-state index contributed by atoms with van der Waals surface area (Å²) in [5, 5.41) is 4.06. The van der Waals surface area contributed by atoms with Gasteiger partial charge in [0.1, 0.15) is 6.73 Å². The lowest BCUT2D eigenvalue weighted by Crippen LogP contribution is -2.22. The molecule has 0 atom stereocenters. The van der Waals surface area contributed by atoms with Gasteiger partial charge in [-0.05, 0) is 22.0 Å². The van der Waals surface area contributed by atoms with E-state index < -0.39 is 20.0 Å². The molecule has 1 rings (SSSR count). The van der Waals surface area contributed by atoms with E-state index in [9.17, 15) is 9.59 Å². The van der Waals surface area contributed by atoms with E-state index in [1.165, 1.54) is 18.9 Å². The van der Waals surface area contributed by atoms with Gasteiger partial charge in [-0.2, -0.15) is 5.10 Å². The first kappa shape index (κ1) is 18.9. The molecule has 0 bridgehead atoms. The molecule has 1 aromatic rings. The van der Waals surface area contributed by atoms with Gasteiger partial charge in [0.2, 0.25) is 0 Å². The van der Waals surface area contributed by atoms with Crippen molar-refractivity contribution in [3.05, 3.63) is 15.9 Å². The fraction of sp³-hybridized carbons (Fsp3) is 0.615. The van der Waals surface area contributed by atoms with Crippen molar-refractivity contribution in [2.75, 3.05) is 20.8 Å². The van der Waals surface area contributed by atoms with E-state index in [2.05, 4.69) is 45.4 Å². The second-order valence-corrected chi connectivity index (χ2v) is 12.3. The molecule has 0 radical (unpaired) electrons. The van der Waals surface area contributed by atoms with Gasteiger partial charge in [-0.3, -0.25) is 0 Å². The summed E-state index contributed by atoms with van der Waals surface area (Å²) < 4.78 is 16.5. The summed E-state index contributed by atoms with van der Waals surface area (Å²) in [5.41, 5.74) is 0.132. The second kappa shape index (κ2) is 7.89. The number of hydrogen-bond donors (Lipinski definition) is 0. The number of methoxy groups -OCH3 is 2. The minimum Gasteiger partial charge on any atom is -0.464 e. The van der Waals surface area contributed by atoms with Crippen LogP contribution >= 0.6 is 15.9 Å². The van der Waals surface area contributed by atoms with Crippen LogP contribution in [0, 0.1) is 0 Å². The monoisotopic (exact) mass is 392 g/mol. The van der Waals surface area contributed by atoms with Crippen molar-refractivity contribution in [1.82, 2.24) is 9.78 Å². The molecular formula is C13H21BrN2O5Si. The van der Waals surface area contributed by atoms with E-state index in [0.29, 0.717) is 6.61 Å². The Balaban J connectivity index is 2.92. The van der Waals surface area contributed by atoms with Crippen LogP contribution in [0.25, 0.3) is 0 Å². The molecule has 0 aliphatic carbocycles. The standard InChI is InChI=1S/C13H21BrN2O5Si/c1-19-12(17)10-9(14)11(13(18)20-2)16(15-10)8-21-6-7-22(3,4)5/h6-8H2,1-5H3. The predicted molar refractivity (Wildman–Crippen MR) is 86.7 cm³/mol. The van der Waals surface area contributed by atoms with E-state index in [1.807, 2.05) is 0 Å². The molecule has 0 aliphatic heterocycles. The summed E-state index contributed by atoms with van der Waals surface area (Å²) in [4.78, 5) is 23.5. The van der Waals surface area contributed by atoms with Crippen LogP contribution in [-0.4, -0.2) is 50.6 Å². The maximum atomic E-state index is 11.9. The van der Waals surface area contributed by atoms with E-state index in [-0.39, 0.29) is 22.6 Å².